The molecule has 0 bridgehead atoms. The molecular weight excluding hydrogens is 384 g/mol. The summed E-state index contributed by atoms with van der Waals surface area (Å²) in [6.45, 7) is 6.69. The third-order valence-corrected chi connectivity index (χ3v) is 6.29. The van der Waals surface area contributed by atoms with Gasteiger partial charge in [-0.3, -0.25) is 4.90 Å². The van der Waals surface area contributed by atoms with Gasteiger partial charge in [-0.1, -0.05) is 54.6 Å². The van der Waals surface area contributed by atoms with Crippen LogP contribution in [0.5, 0.6) is 0 Å². The number of hydrogen-bond acceptors (Lipinski definition) is 4. The van der Waals surface area contributed by atoms with E-state index in [0.29, 0.717) is 0 Å². The maximum absolute atomic E-state index is 5.50. The highest BCUT2D eigenvalue weighted by atomic mass is 16.5. The number of para-hydroxylation sites is 2. The first-order valence-corrected chi connectivity index (χ1v) is 11.2. The van der Waals surface area contributed by atoms with Crippen molar-refractivity contribution in [1.82, 2.24) is 14.5 Å². The van der Waals surface area contributed by atoms with Crippen LogP contribution in [-0.4, -0.2) is 53.8 Å². The second-order valence-corrected chi connectivity index (χ2v) is 8.33. The van der Waals surface area contributed by atoms with Crippen LogP contribution in [0.25, 0.3) is 21.8 Å². The molecule has 0 N–H and O–H groups in total. The lowest BCUT2D eigenvalue weighted by atomic mass is 10.0. The van der Waals surface area contributed by atoms with Crippen LogP contribution in [0, 0.1) is 0 Å². The van der Waals surface area contributed by atoms with E-state index in [1.165, 1.54) is 21.9 Å². The molecule has 2 heterocycles. The Kier molecular flexibility index (Phi) is 5.87. The molecule has 0 spiro atoms. The summed E-state index contributed by atoms with van der Waals surface area (Å²) in [6.07, 6.45) is 1.11. The molecule has 3 aromatic carbocycles. The average molecular weight is 415 g/mol. The number of ether oxygens (including phenoxy) is 1. The van der Waals surface area contributed by atoms with Crippen molar-refractivity contribution in [3.05, 3.63) is 72.3 Å². The fraction of sp³-hybridized carbons (Fsp3) is 0.346. The first-order valence-electron chi connectivity index (χ1n) is 11.2. The zero-order chi connectivity index (χ0) is 21.0. The van der Waals surface area contributed by atoms with Crippen LogP contribution in [-0.2, 0) is 18.3 Å². The molecule has 5 nitrogen and oxygen atoms in total. The predicted octanol–water partition coefficient (Wildman–Crippen LogP) is 4.46. The topological polar surface area (TPSA) is 33.5 Å². The zero-order valence-corrected chi connectivity index (χ0v) is 18.2. The molecule has 4 aromatic rings. The van der Waals surface area contributed by atoms with E-state index in [0.717, 1.165) is 63.8 Å². The molecule has 5 heteroatoms. The fourth-order valence-corrected chi connectivity index (χ4v) is 4.61. The number of nitrogens with zero attached hydrogens (tertiary/aromatic N) is 4. The largest absolute Gasteiger partial charge is 0.379 e. The first kappa shape index (κ1) is 20.0. The molecule has 31 heavy (non-hydrogen) atoms. The maximum atomic E-state index is 5.50. The Balaban J connectivity index is 1.43. The molecular formula is C26H30N4O. The van der Waals surface area contributed by atoms with Crippen LogP contribution in [0.3, 0.4) is 0 Å². The number of fused-ring (bicyclic) bond motifs is 2. The smallest absolute Gasteiger partial charge is 0.206 e. The van der Waals surface area contributed by atoms with E-state index in [-0.39, 0.29) is 0 Å². The van der Waals surface area contributed by atoms with Gasteiger partial charge in [-0.2, -0.15) is 0 Å². The van der Waals surface area contributed by atoms with Crippen LogP contribution in [0.15, 0.2) is 66.7 Å². The number of benzene rings is 3. The lowest BCUT2D eigenvalue weighted by Gasteiger charge is -2.29. The third kappa shape index (κ3) is 4.29. The van der Waals surface area contributed by atoms with Crippen LogP contribution in [0.2, 0.25) is 0 Å². The van der Waals surface area contributed by atoms with Crippen LogP contribution in [0.1, 0.15) is 12.0 Å². The number of aryl methyl sites for hydroxylation is 1. The van der Waals surface area contributed by atoms with Gasteiger partial charge in [0.05, 0.1) is 24.2 Å². The summed E-state index contributed by atoms with van der Waals surface area (Å²) in [6, 6.07) is 23.7. The molecule has 0 amide bonds. The Morgan fingerprint density at radius 1 is 0.935 bits per heavy atom. The van der Waals surface area contributed by atoms with Gasteiger partial charge in [-0.05, 0) is 34.9 Å². The highest BCUT2D eigenvalue weighted by Gasteiger charge is 2.17. The van der Waals surface area contributed by atoms with E-state index in [2.05, 4.69) is 88.1 Å². The van der Waals surface area contributed by atoms with Gasteiger partial charge in [0.15, 0.2) is 0 Å². The van der Waals surface area contributed by atoms with E-state index < -0.39 is 0 Å². The first-order chi connectivity index (χ1) is 15.3. The number of anilines is 1. The molecule has 1 aromatic heterocycles. The Labute approximate surface area is 183 Å². The van der Waals surface area contributed by atoms with E-state index in [1.54, 1.807) is 0 Å². The predicted molar refractivity (Wildman–Crippen MR) is 128 cm³/mol. The molecule has 1 saturated heterocycles. The summed E-state index contributed by atoms with van der Waals surface area (Å²) in [7, 11) is 2.13. The normalized spacial score (nSPS) is 15.0. The van der Waals surface area contributed by atoms with E-state index >= 15 is 0 Å². The van der Waals surface area contributed by atoms with E-state index in [4.69, 9.17) is 9.72 Å². The Hall–Kier alpha value is -2.89. The van der Waals surface area contributed by atoms with Gasteiger partial charge in [0, 0.05) is 39.8 Å². The molecule has 0 atom stereocenters. The fourth-order valence-electron chi connectivity index (χ4n) is 4.61. The van der Waals surface area contributed by atoms with Crippen LogP contribution >= 0.6 is 0 Å². The highest BCUT2D eigenvalue weighted by molar-refractivity contribution is 5.86. The summed E-state index contributed by atoms with van der Waals surface area (Å²) in [5, 5.41) is 2.61. The second-order valence-electron chi connectivity index (χ2n) is 8.33. The minimum absolute atomic E-state index is 0.849. The summed E-state index contributed by atoms with van der Waals surface area (Å²) >= 11 is 0. The number of morpholine rings is 1. The monoisotopic (exact) mass is 414 g/mol. The zero-order valence-electron chi connectivity index (χ0n) is 18.2. The number of aromatic nitrogens is 2. The SMILES string of the molecule is Cn1c(N(CCCN2CCOCC2)Cc2cccc3ccccc23)nc2ccccc21. The van der Waals surface area contributed by atoms with Gasteiger partial charge in [0.1, 0.15) is 0 Å². The average Bonchev–Trinajstić information content (AvgIpc) is 3.16. The van der Waals surface area contributed by atoms with Gasteiger partial charge in [-0.25, -0.2) is 4.98 Å². The van der Waals surface area contributed by atoms with Crippen molar-refractivity contribution < 1.29 is 4.74 Å². The molecule has 160 valence electrons. The lowest BCUT2D eigenvalue weighted by Crippen LogP contribution is -2.38. The van der Waals surface area contributed by atoms with Crippen molar-refractivity contribution in [3.8, 4) is 0 Å². The van der Waals surface area contributed by atoms with Crippen molar-refractivity contribution in [1.29, 1.82) is 0 Å². The lowest BCUT2D eigenvalue weighted by molar-refractivity contribution is 0.0376. The molecule has 0 aliphatic carbocycles. The molecule has 0 radical (unpaired) electrons. The van der Waals surface area contributed by atoms with Gasteiger partial charge in [0.2, 0.25) is 5.95 Å². The highest BCUT2D eigenvalue weighted by Crippen LogP contribution is 2.25. The van der Waals surface area contributed by atoms with Gasteiger partial charge in [0.25, 0.3) is 0 Å². The van der Waals surface area contributed by atoms with Crippen molar-refractivity contribution in [2.24, 2.45) is 7.05 Å². The minimum atomic E-state index is 0.849. The summed E-state index contributed by atoms with van der Waals surface area (Å²) < 4.78 is 7.73. The van der Waals surface area contributed by atoms with Gasteiger partial charge < -0.3 is 14.2 Å². The minimum Gasteiger partial charge on any atom is -0.379 e. The van der Waals surface area contributed by atoms with Crippen molar-refractivity contribution in [3.63, 3.8) is 0 Å². The summed E-state index contributed by atoms with van der Waals surface area (Å²) in [4.78, 5) is 9.96. The molecule has 1 aliphatic rings. The second kappa shape index (κ2) is 9.08. The van der Waals surface area contributed by atoms with Crippen molar-refractivity contribution >= 4 is 27.8 Å². The Morgan fingerprint density at radius 2 is 1.71 bits per heavy atom. The molecule has 0 saturated carbocycles. The van der Waals surface area contributed by atoms with E-state index in [9.17, 15) is 0 Å². The van der Waals surface area contributed by atoms with Crippen LogP contribution < -0.4 is 4.90 Å². The van der Waals surface area contributed by atoms with Crippen LogP contribution in [0.4, 0.5) is 5.95 Å². The van der Waals surface area contributed by atoms with Crippen molar-refractivity contribution in [2.45, 2.75) is 13.0 Å². The molecule has 5 rings (SSSR count). The summed E-state index contributed by atoms with van der Waals surface area (Å²) in [5.74, 6) is 1.04. The van der Waals surface area contributed by atoms with Crippen molar-refractivity contribution in [2.75, 3.05) is 44.3 Å². The van der Waals surface area contributed by atoms with E-state index in [1.807, 2.05) is 0 Å². The number of imidazole rings is 1. The Morgan fingerprint density at radius 3 is 2.58 bits per heavy atom. The van der Waals surface area contributed by atoms with Gasteiger partial charge in [-0.15, -0.1) is 0 Å². The third-order valence-electron chi connectivity index (χ3n) is 6.29. The summed E-state index contributed by atoms with van der Waals surface area (Å²) in [5.41, 5.74) is 3.57. The van der Waals surface area contributed by atoms with Gasteiger partial charge >= 0.3 is 0 Å². The molecule has 0 unspecified atom stereocenters. The molecule has 1 aliphatic heterocycles. The Bertz CT molecular complexity index is 1160. The number of hydrogen-bond donors (Lipinski definition) is 0. The standard InChI is InChI=1S/C26H30N4O/c1-28-25-13-5-4-12-24(25)27-26(28)30(15-7-14-29-16-18-31-19-17-29)20-22-10-6-9-21-8-2-3-11-23(21)22/h2-6,8-13H,7,14-20H2,1H3. The quantitative estimate of drug-likeness (QED) is 0.447. The maximum Gasteiger partial charge on any atom is 0.206 e. The molecule has 1 fully saturated rings. The number of rotatable bonds is 7.